The Labute approximate surface area is 116 Å². The molecule has 0 atom stereocenters. The molecule has 0 radical (unpaired) electrons. The smallest absolute Gasteiger partial charge is 0.338 e. The molecule has 0 unspecified atom stereocenters. The first kappa shape index (κ1) is 15.0. The van der Waals surface area contributed by atoms with Gasteiger partial charge in [-0.1, -0.05) is 25.4 Å². The fourth-order valence-corrected chi connectivity index (χ4v) is 1.71. The molecule has 0 aliphatic rings. The lowest BCUT2D eigenvalue weighted by atomic mass is 9.84. The summed E-state index contributed by atoms with van der Waals surface area (Å²) in [6.07, 6.45) is 0. The number of benzene rings is 1. The van der Waals surface area contributed by atoms with Crippen LogP contribution in [0.25, 0.3) is 0 Å². The Balaban J connectivity index is 3.33. The molecule has 1 aromatic carbocycles. The molecule has 0 saturated carbocycles. The van der Waals surface area contributed by atoms with Crippen molar-refractivity contribution in [2.45, 2.75) is 13.8 Å². The molecule has 0 fully saturated rings. The van der Waals surface area contributed by atoms with Gasteiger partial charge in [-0.05, 0) is 18.2 Å². The van der Waals surface area contributed by atoms with Gasteiger partial charge in [0.25, 0.3) is 0 Å². The minimum Gasteiger partial charge on any atom is -0.465 e. The molecule has 5 heteroatoms. The largest absolute Gasteiger partial charge is 0.465 e. The van der Waals surface area contributed by atoms with Gasteiger partial charge >= 0.3 is 5.97 Å². The zero-order valence-electron chi connectivity index (χ0n) is 10.4. The second kappa shape index (κ2) is 5.72. The van der Waals surface area contributed by atoms with E-state index >= 15 is 0 Å². The van der Waals surface area contributed by atoms with Gasteiger partial charge in [-0.25, -0.2) is 4.79 Å². The van der Waals surface area contributed by atoms with Crippen molar-refractivity contribution in [1.82, 2.24) is 0 Å². The molecule has 0 N–H and O–H groups in total. The highest BCUT2D eigenvalue weighted by Gasteiger charge is 2.30. The van der Waals surface area contributed by atoms with Crippen molar-refractivity contribution in [1.29, 1.82) is 0 Å². The van der Waals surface area contributed by atoms with Crippen LogP contribution in [0.3, 0.4) is 0 Å². The van der Waals surface area contributed by atoms with Gasteiger partial charge in [0.2, 0.25) is 0 Å². The number of methoxy groups -OCH3 is 1. The minimum atomic E-state index is -0.752. The molecule has 0 spiro atoms. The second-order valence-corrected chi connectivity index (χ2v) is 5.23. The topological polar surface area (TPSA) is 43.4 Å². The first-order chi connectivity index (χ1) is 8.33. The number of ketones is 1. The molecule has 1 aromatic rings. The van der Waals surface area contributed by atoms with Gasteiger partial charge in [0.15, 0.2) is 5.78 Å². The molecule has 0 aliphatic heterocycles. The number of hydrogen-bond donors (Lipinski definition) is 0. The average Bonchev–Trinajstić information content (AvgIpc) is 2.36. The zero-order chi connectivity index (χ0) is 13.9. The summed E-state index contributed by atoms with van der Waals surface area (Å²) in [5.41, 5.74) is -0.317. The number of hydrogen-bond acceptors (Lipinski definition) is 3. The molecule has 98 valence electrons. The maximum Gasteiger partial charge on any atom is 0.338 e. The van der Waals surface area contributed by atoms with Crippen LogP contribution >= 0.6 is 23.2 Å². The van der Waals surface area contributed by atoms with Crippen molar-refractivity contribution in [3.8, 4) is 0 Å². The van der Waals surface area contributed by atoms with Gasteiger partial charge < -0.3 is 4.74 Å². The maximum absolute atomic E-state index is 12.3. The summed E-state index contributed by atoms with van der Waals surface area (Å²) in [4.78, 5) is 24.0. The van der Waals surface area contributed by atoms with Crippen LogP contribution in [0.4, 0.5) is 0 Å². The summed E-state index contributed by atoms with van der Waals surface area (Å²) in [5, 5.41) is 0.371. The molecular formula is C13H14Cl2O3. The van der Waals surface area contributed by atoms with Crippen molar-refractivity contribution in [3.63, 3.8) is 0 Å². The van der Waals surface area contributed by atoms with Crippen molar-refractivity contribution in [2.24, 2.45) is 5.41 Å². The molecule has 3 nitrogen and oxygen atoms in total. The lowest BCUT2D eigenvalue weighted by molar-refractivity contribution is 0.0595. The number of carbonyl (C=O) groups excluding carboxylic acids is 2. The highest BCUT2D eigenvalue weighted by molar-refractivity contribution is 6.31. The first-order valence-electron chi connectivity index (χ1n) is 5.32. The van der Waals surface area contributed by atoms with E-state index in [1.54, 1.807) is 19.9 Å². The van der Waals surface area contributed by atoms with Crippen molar-refractivity contribution in [3.05, 3.63) is 34.3 Å². The molecule has 0 aliphatic carbocycles. The Morgan fingerprint density at radius 3 is 2.39 bits per heavy atom. The third-order valence-electron chi connectivity index (χ3n) is 2.58. The summed E-state index contributed by atoms with van der Waals surface area (Å²) in [6, 6.07) is 4.50. The summed E-state index contributed by atoms with van der Waals surface area (Å²) < 4.78 is 4.65. The average molecular weight is 289 g/mol. The van der Waals surface area contributed by atoms with E-state index in [4.69, 9.17) is 23.2 Å². The molecule has 0 heterocycles. The maximum atomic E-state index is 12.3. The second-order valence-electron chi connectivity index (χ2n) is 4.53. The van der Waals surface area contributed by atoms with E-state index < -0.39 is 11.4 Å². The molecule has 1 rings (SSSR count). The fraction of sp³-hybridized carbons (Fsp3) is 0.385. The van der Waals surface area contributed by atoms with Gasteiger partial charge in [-0.2, -0.15) is 0 Å². The van der Waals surface area contributed by atoms with Crippen molar-refractivity contribution in [2.75, 3.05) is 13.0 Å². The summed E-state index contributed by atoms with van der Waals surface area (Å²) in [7, 11) is 1.25. The van der Waals surface area contributed by atoms with Gasteiger partial charge in [-0.3, -0.25) is 4.79 Å². The zero-order valence-corrected chi connectivity index (χ0v) is 11.9. The van der Waals surface area contributed by atoms with Crippen LogP contribution in [0.2, 0.25) is 5.02 Å². The molecule has 0 saturated heterocycles. The van der Waals surface area contributed by atoms with Crippen LogP contribution in [-0.4, -0.2) is 24.7 Å². The number of rotatable bonds is 4. The van der Waals surface area contributed by atoms with E-state index in [9.17, 15) is 9.59 Å². The highest BCUT2D eigenvalue weighted by Crippen LogP contribution is 2.27. The third-order valence-corrected chi connectivity index (χ3v) is 3.48. The van der Waals surface area contributed by atoms with Crippen LogP contribution in [0, 0.1) is 5.41 Å². The number of esters is 1. The highest BCUT2D eigenvalue weighted by atomic mass is 35.5. The lowest BCUT2D eigenvalue weighted by Gasteiger charge is -2.21. The normalized spacial score (nSPS) is 11.2. The molecule has 0 amide bonds. The van der Waals surface area contributed by atoms with Crippen LogP contribution in [0.1, 0.15) is 34.6 Å². The lowest BCUT2D eigenvalue weighted by Crippen LogP contribution is -2.28. The van der Waals surface area contributed by atoms with Gasteiger partial charge in [0.1, 0.15) is 0 Å². The van der Waals surface area contributed by atoms with Crippen LogP contribution in [-0.2, 0) is 4.74 Å². The standard InChI is InChI=1S/C13H14Cl2O3/c1-13(2,7-14)11(16)9-5-4-8(15)6-10(9)12(17)18-3/h4-6H,7H2,1-3H3. The molecule has 18 heavy (non-hydrogen) atoms. The van der Waals surface area contributed by atoms with Gasteiger partial charge in [0.05, 0.1) is 12.7 Å². The quantitative estimate of drug-likeness (QED) is 0.483. The Kier molecular flexibility index (Phi) is 4.77. The molecule has 0 aromatic heterocycles. The van der Waals surface area contributed by atoms with Gasteiger partial charge in [-0.15, -0.1) is 11.6 Å². The van der Waals surface area contributed by atoms with Crippen LogP contribution in [0.5, 0.6) is 0 Å². The SMILES string of the molecule is COC(=O)c1cc(Cl)ccc1C(=O)C(C)(C)CCl. The Hall–Kier alpha value is -1.06. The third kappa shape index (κ3) is 3.03. The number of halogens is 2. The number of carbonyl (C=O) groups is 2. The number of Topliss-reactive ketones (excluding diaryl/α,β-unsaturated/α-hetero) is 1. The summed E-state index contributed by atoms with van der Waals surface area (Å²) in [6.45, 7) is 3.44. The van der Waals surface area contributed by atoms with E-state index in [1.165, 1.54) is 19.2 Å². The van der Waals surface area contributed by atoms with E-state index in [0.717, 1.165) is 0 Å². The first-order valence-corrected chi connectivity index (χ1v) is 6.23. The number of ether oxygens (including phenoxy) is 1. The molecular weight excluding hydrogens is 275 g/mol. The Morgan fingerprint density at radius 2 is 1.89 bits per heavy atom. The summed E-state index contributed by atoms with van der Waals surface area (Å²) in [5.74, 6) is -0.643. The van der Waals surface area contributed by atoms with E-state index in [-0.39, 0.29) is 22.8 Å². The van der Waals surface area contributed by atoms with E-state index in [0.29, 0.717) is 5.02 Å². The predicted octanol–water partition coefficient (Wildman–Crippen LogP) is 3.57. The monoisotopic (exact) mass is 288 g/mol. The van der Waals surface area contributed by atoms with Gasteiger partial charge in [0, 0.05) is 21.9 Å². The fourth-order valence-electron chi connectivity index (χ4n) is 1.42. The van der Waals surface area contributed by atoms with E-state index in [2.05, 4.69) is 4.74 Å². The van der Waals surface area contributed by atoms with Crippen molar-refractivity contribution < 1.29 is 14.3 Å². The Bertz CT molecular complexity index is 481. The summed E-state index contributed by atoms with van der Waals surface area (Å²) >= 11 is 11.6. The molecule has 0 bridgehead atoms. The van der Waals surface area contributed by atoms with E-state index in [1.807, 2.05) is 0 Å². The minimum absolute atomic E-state index is 0.160. The van der Waals surface area contributed by atoms with Crippen LogP contribution in [0.15, 0.2) is 18.2 Å². The predicted molar refractivity (Wildman–Crippen MR) is 71.6 cm³/mol. The van der Waals surface area contributed by atoms with Crippen LogP contribution < -0.4 is 0 Å². The number of alkyl halides is 1. The van der Waals surface area contributed by atoms with Crippen molar-refractivity contribution >= 4 is 35.0 Å². The Morgan fingerprint density at radius 1 is 1.28 bits per heavy atom.